The number of carboxylic acids is 1. The number of hydrogen-bond acceptors (Lipinski definition) is 3. The molecule has 0 unspecified atom stereocenters. The van der Waals surface area contributed by atoms with Gasteiger partial charge in [-0.15, -0.1) is 0 Å². The number of carboxylic acid groups (broad SMARTS) is 1. The number of carbonyl (C=O) groups is 1. The fourth-order valence-electron chi connectivity index (χ4n) is 2.38. The van der Waals surface area contributed by atoms with E-state index in [1.54, 1.807) is 6.07 Å². The number of nitrogens with zero attached hydrogens (tertiary/aromatic N) is 2. The van der Waals surface area contributed by atoms with Crippen LogP contribution in [0.5, 0.6) is 0 Å². The van der Waals surface area contributed by atoms with E-state index in [1.807, 2.05) is 22.7 Å². The van der Waals surface area contributed by atoms with Crippen molar-refractivity contribution in [3.05, 3.63) is 35.9 Å². The van der Waals surface area contributed by atoms with E-state index in [0.717, 1.165) is 18.7 Å². The van der Waals surface area contributed by atoms with Gasteiger partial charge in [-0.2, -0.15) is 0 Å². The third-order valence-electron chi connectivity index (χ3n) is 3.32. The van der Waals surface area contributed by atoms with Crippen LogP contribution in [0.1, 0.15) is 35.1 Å². The number of hydrogen-bond donors (Lipinski definition) is 2. The first kappa shape index (κ1) is 10.3. The van der Waals surface area contributed by atoms with Crippen LogP contribution in [0.4, 0.5) is 0 Å². The first-order valence-electron chi connectivity index (χ1n) is 5.62. The maximum absolute atomic E-state index is 11.1. The van der Waals surface area contributed by atoms with E-state index >= 15 is 0 Å². The molecule has 0 amide bonds. The average molecular weight is 231 g/mol. The minimum absolute atomic E-state index is 0.126. The van der Waals surface area contributed by atoms with Gasteiger partial charge in [0.05, 0.1) is 5.52 Å². The van der Waals surface area contributed by atoms with Gasteiger partial charge in [0.25, 0.3) is 0 Å². The SMILES string of the molecule is NC1CC(c2nc(C(=O)O)c3ccccn23)C1. The Morgan fingerprint density at radius 3 is 2.88 bits per heavy atom. The van der Waals surface area contributed by atoms with Gasteiger partial charge < -0.3 is 15.2 Å². The summed E-state index contributed by atoms with van der Waals surface area (Å²) in [5, 5.41) is 9.12. The van der Waals surface area contributed by atoms with Crippen LogP contribution in [0, 0.1) is 0 Å². The van der Waals surface area contributed by atoms with Crippen molar-refractivity contribution in [1.29, 1.82) is 0 Å². The second kappa shape index (κ2) is 3.56. The predicted molar refractivity (Wildman–Crippen MR) is 62.1 cm³/mol. The maximum Gasteiger partial charge on any atom is 0.356 e. The van der Waals surface area contributed by atoms with Crippen LogP contribution in [0.2, 0.25) is 0 Å². The van der Waals surface area contributed by atoms with E-state index in [4.69, 9.17) is 10.8 Å². The molecular weight excluding hydrogens is 218 g/mol. The normalized spacial score (nSPS) is 23.6. The monoisotopic (exact) mass is 231 g/mol. The smallest absolute Gasteiger partial charge is 0.356 e. The highest BCUT2D eigenvalue weighted by Gasteiger charge is 2.32. The Labute approximate surface area is 97.9 Å². The van der Waals surface area contributed by atoms with Crippen molar-refractivity contribution in [1.82, 2.24) is 9.38 Å². The van der Waals surface area contributed by atoms with Gasteiger partial charge in [-0.3, -0.25) is 0 Å². The Balaban J connectivity index is 2.15. The van der Waals surface area contributed by atoms with Gasteiger partial charge in [-0.25, -0.2) is 9.78 Å². The molecule has 2 heterocycles. The lowest BCUT2D eigenvalue weighted by Crippen LogP contribution is -2.35. The van der Waals surface area contributed by atoms with E-state index in [9.17, 15) is 4.79 Å². The summed E-state index contributed by atoms with van der Waals surface area (Å²) in [6.07, 6.45) is 3.62. The first-order chi connectivity index (χ1) is 8.16. The van der Waals surface area contributed by atoms with Gasteiger partial charge in [0.1, 0.15) is 5.82 Å². The van der Waals surface area contributed by atoms with E-state index < -0.39 is 5.97 Å². The average Bonchev–Trinajstić information content (AvgIpc) is 2.64. The zero-order valence-corrected chi connectivity index (χ0v) is 9.21. The lowest BCUT2D eigenvalue weighted by molar-refractivity contribution is 0.0693. The summed E-state index contributed by atoms with van der Waals surface area (Å²) < 4.78 is 1.86. The first-order valence-corrected chi connectivity index (χ1v) is 5.62. The predicted octanol–water partition coefficient (Wildman–Crippen LogP) is 1.24. The standard InChI is InChI=1S/C12H13N3O2/c13-8-5-7(6-8)11-14-10(12(16)17)9-3-1-2-4-15(9)11/h1-4,7-8H,5-6,13H2,(H,16,17). The minimum atomic E-state index is -0.983. The molecule has 88 valence electrons. The molecule has 0 aliphatic heterocycles. The molecule has 0 saturated heterocycles. The Morgan fingerprint density at radius 2 is 2.24 bits per heavy atom. The minimum Gasteiger partial charge on any atom is -0.476 e. The molecule has 1 saturated carbocycles. The number of rotatable bonds is 2. The fourth-order valence-corrected chi connectivity index (χ4v) is 2.38. The van der Waals surface area contributed by atoms with Gasteiger partial charge in [0.15, 0.2) is 5.69 Å². The van der Waals surface area contributed by atoms with Crippen molar-refractivity contribution in [2.75, 3.05) is 0 Å². The number of aromatic nitrogens is 2. The van der Waals surface area contributed by atoms with Crippen LogP contribution < -0.4 is 5.73 Å². The number of nitrogens with two attached hydrogens (primary N) is 1. The third-order valence-corrected chi connectivity index (χ3v) is 3.32. The van der Waals surface area contributed by atoms with E-state index in [-0.39, 0.29) is 17.7 Å². The van der Waals surface area contributed by atoms with Gasteiger partial charge >= 0.3 is 5.97 Å². The molecule has 0 aromatic carbocycles. The highest BCUT2D eigenvalue weighted by Crippen LogP contribution is 2.35. The Kier molecular flexibility index (Phi) is 2.16. The largest absolute Gasteiger partial charge is 0.476 e. The molecule has 1 aliphatic carbocycles. The molecule has 0 radical (unpaired) electrons. The van der Waals surface area contributed by atoms with Crippen LogP contribution in [-0.2, 0) is 0 Å². The number of aromatic carboxylic acids is 1. The summed E-state index contributed by atoms with van der Waals surface area (Å²) in [6, 6.07) is 5.70. The molecule has 0 bridgehead atoms. The molecule has 5 heteroatoms. The zero-order chi connectivity index (χ0) is 12.0. The van der Waals surface area contributed by atoms with Crippen LogP contribution in [0.3, 0.4) is 0 Å². The molecule has 2 aromatic heterocycles. The molecule has 1 fully saturated rings. The van der Waals surface area contributed by atoms with Gasteiger partial charge in [0.2, 0.25) is 0 Å². The van der Waals surface area contributed by atoms with E-state index in [2.05, 4.69) is 4.98 Å². The zero-order valence-electron chi connectivity index (χ0n) is 9.21. The molecule has 5 nitrogen and oxygen atoms in total. The summed E-state index contributed by atoms with van der Waals surface area (Å²) in [5.41, 5.74) is 6.54. The van der Waals surface area contributed by atoms with Crippen LogP contribution in [0.25, 0.3) is 5.52 Å². The molecule has 0 atom stereocenters. The second-order valence-electron chi connectivity index (χ2n) is 4.51. The molecule has 3 N–H and O–H groups in total. The van der Waals surface area contributed by atoms with Crippen LogP contribution in [0.15, 0.2) is 24.4 Å². The van der Waals surface area contributed by atoms with Crippen molar-refractivity contribution in [3.63, 3.8) is 0 Å². The number of fused-ring (bicyclic) bond motifs is 1. The summed E-state index contributed by atoms with van der Waals surface area (Å²) in [4.78, 5) is 15.4. The van der Waals surface area contributed by atoms with Gasteiger partial charge in [-0.1, -0.05) is 6.07 Å². The molecule has 0 spiro atoms. The van der Waals surface area contributed by atoms with E-state index in [0.29, 0.717) is 5.52 Å². The topological polar surface area (TPSA) is 80.6 Å². The molecular formula is C12H13N3O2. The second-order valence-corrected chi connectivity index (χ2v) is 4.51. The van der Waals surface area contributed by atoms with E-state index in [1.165, 1.54) is 0 Å². The Bertz CT molecular complexity index is 584. The van der Waals surface area contributed by atoms with Crippen molar-refractivity contribution in [2.45, 2.75) is 24.8 Å². The molecule has 1 aliphatic rings. The number of imidazole rings is 1. The highest BCUT2D eigenvalue weighted by molar-refractivity contribution is 5.93. The maximum atomic E-state index is 11.1. The van der Waals surface area contributed by atoms with Crippen molar-refractivity contribution >= 4 is 11.5 Å². The molecule has 17 heavy (non-hydrogen) atoms. The lowest BCUT2D eigenvalue weighted by atomic mass is 9.80. The summed E-state index contributed by atoms with van der Waals surface area (Å²) in [5.74, 6) is 0.122. The van der Waals surface area contributed by atoms with Crippen molar-refractivity contribution in [2.24, 2.45) is 5.73 Å². The molecule has 2 aromatic rings. The van der Waals surface area contributed by atoms with Gasteiger partial charge in [-0.05, 0) is 25.0 Å². The van der Waals surface area contributed by atoms with Crippen molar-refractivity contribution < 1.29 is 9.90 Å². The lowest BCUT2D eigenvalue weighted by Gasteiger charge is -2.31. The Morgan fingerprint density at radius 1 is 1.47 bits per heavy atom. The van der Waals surface area contributed by atoms with Crippen LogP contribution >= 0.6 is 0 Å². The summed E-state index contributed by atoms with van der Waals surface area (Å²) >= 11 is 0. The summed E-state index contributed by atoms with van der Waals surface area (Å²) in [6.45, 7) is 0. The van der Waals surface area contributed by atoms with Gasteiger partial charge in [0, 0.05) is 18.2 Å². The van der Waals surface area contributed by atoms with Crippen molar-refractivity contribution in [3.8, 4) is 0 Å². The fraction of sp³-hybridized carbons (Fsp3) is 0.333. The third kappa shape index (κ3) is 1.51. The van der Waals surface area contributed by atoms with Crippen LogP contribution in [-0.4, -0.2) is 26.5 Å². The number of pyridine rings is 1. The quantitative estimate of drug-likeness (QED) is 0.814. The molecule has 3 rings (SSSR count). The summed E-state index contributed by atoms with van der Waals surface area (Å²) in [7, 11) is 0. The highest BCUT2D eigenvalue weighted by atomic mass is 16.4. The Hall–Kier alpha value is -1.88.